The topological polar surface area (TPSA) is 97.2 Å². The van der Waals surface area contributed by atoms with Crippen molar-refractivity contribution in [2.75, 3.05) is 26.2 Å². The third kappa shape index (κ3) is 7.70. The summed E-state index contributed by atoms with van der Waals surface area (Å²) in [4.78, 5) is 42.7. The van der Waals surface area contributed by atoms with Crippen LogP contribution < -0.4 is 0 Å². The van der Waals surface area contributed by atoms with Gasteiger partial charge in [-0.15, -0.1) is 0 Å². The van der Waals surface area contributed by atoms with Crippen LogP contribution >= 0.6 is 0 Å². The van der Waals surface area contributed by atoms with E-state index in [9.17, 15) is 40.7 Å². The van der Waals surface area contributed by atoms with Crippen molar-refractivity contribution in [2.24, 2.45) is 0 Å². The molecule has 0 bridgehead atoms. The molecular formula is C27H31F6N5O5. The Morgan fingerprint density at radius 3 is 2.02 bits per heavy atom. The Morgan fingerprint density at radius 1 is 0.860 bits per heavy atom. The smallest absolute Gasteiger partial charge is 0.416 e. The number of ether oxygens (including phenoxy) is 2. The number of alkyl halides is 6. The number of aromatic nitrogens is 2. The molecule has 4 rings (SSSR count). The van der Waals surface area contributed by atoms with Crippen LogP contribution in [0.2, 0.25) is 0 Å². The van der Waals surface area contributed by atoms with Crippen LogP contribution in [0.3, 0.4) is 0 Å². The molecule has 10 nitrogen and oxygen atoms in total. The standard InChI is InChI=1S/C27H31F6N5O5/c1-16-13-35(24(41)43-25(2,3)4)5-7-37(16)22(39)21-12-20-14-36(6-8-38(20)34-21)23(40)42-15-17-9-18(26(28,29)30)11-19(10-17)27(31,32)33/h9-12,16H,5-8,13-15H2,1-4H3. The highest BCUT2D eigenvalue weighted by Crippen LogP contribution is 2.36. The van der Waals surface area contributed by atoms with E-state index in [1.165, 1.54) is 15.9 Å². The maximum absolute atomic E-state index is 13.3. The largest absolute Gasteiger partial charge is 0.445 e. The Bertz CT molecular complexity index is 1350. The van der Waals surface area contributed by atoms with Crippen LogP contribution in [-0.2, 0) is 41.5 Å². The van der Waals surface area contributed by atoms with Crippen LogP contribution in [0.4, 0.5) is 35.9 Å². The fourth-order valence-corrected chi connectivity index (χ4v) is 4.76. The Morgan fingerprint density at radius 2 is 1.47 bits per heavy atom. The molecule has 236 valence electrons. The molecule has 0 saturated carbocycles. The highest BCUT2D eigenvalue weighted by Gasteiger charge is 2.38. The molecule has 1 aromatic carbocycles. The Hall–Kier alpha value is -3.98. The van der Waals surface area contributed by atoms with Crippen molar-refractivity contribution in [1.82, 2.24) is 24.5 Å². The lowest BCUT2D eigenvalue weighted by Gasteiger charge is -2.39. The minimum atomic E-state index is -5.02. The van der Waals surface area contributed by atoms with Crippen LogP contribution in [0.1, 0.15) is 60.6 Å². The fourth-order valence-electron chi connectivity index (χ4n) is 4.76. The number of rotatable bonds is 3. The van der Waals surface area contributed by atoms with Crippen LogP contribution in [-0.4, -0.2) is 80.4 Å². The molecule has 2 aliphatic heterocycles. The molecule has 1 unspecified atom stereocenters. The first-order chi connectivity index (χ1) is 19.8. The van der Waals surface area contributed by atoms with Gasteiger partial charge in [0.15, 0.2) is 5.69 Å². The first-order valence-electron chi connectivity index (χ1n) is 13.4. The zero-order valence-corrected chi connectivity index (χ0v) is 23.9. The quantitative estimate of drug-likeness (QED) is 0.441. The van der Waals surface area contributed by atoms with E-state index in [0.29, 0.717) is 17.8 Å². The van der Waals surface area contributed by atoms with Crippen LogP contribution in [0.5, 0.6) is 0 Å². The van der Waals surface area contributed by atoms with Gasteiger partial charge in [0.05, 0.1) is 29.9 Å². The van der Waals surface area contributed by atoms with E-state index in [1.54, 1.807) is 37.3 Å². The molecule has 3 heterocycles. The predicted molar refractivity (Wildman–Crippen MR) is 138 cm³/mol. The minimum Gasteiger partial charge on any atom is -0.445 e. The molecule has 16 heteroatoms. The maximum atomic E-state index is 13.3. The molecule has 0 spiro atoms. The van der Waals surface area contributed by atoms with Gasteiger partial charge in [0, 0.05) is 32.2 Å². The molecule has 0 N–H and O–H groups in total. The average Bonchev–Trinajstić information content (AvgIpc) is 3.33. The number of halogens is 6. The Labute approximate surface area is 243 Å². The van der Waals surface area contributed by atoms with Gasteiger partial charge >= 0.3 is 24.5 Å². The molecule has 0 radical (unpaired) electrons. The Balaban J connectivity index is 1.37. The molecule has 0 aliphatic carbocycles. The normalized spacial score (nSPS) is 17.9. The summed E-state index contributed by atoms with van der Waals surface area (Å²) < 4.78 is 90.8. The van der Waals surface area contributed by atoms with Gasteiger partial charge in [0.25, 0.3) is 5.91 Å². The van der Waals surface area contributed by atoms with E-state index in [1.807, 2.05) is 0 Å². The molecule has 2 aliphatic rings. The number of carbonyl (C=O) groups excluding carboxylic acids is 3. The highest BCUT2D eigenvalue weighted by atomic mass is 19.4. The second kappa shape index (κ2) is 11.6. The molecule has 43 heavy (non-hydrogen) atoms. The fraction of sp³-hybridized carbons (Fsp3) is 0.556. The number of fused-ring (bicyclic) bond motifs is 1. The van der Waals surface area contributed by atoms with Crippen LogP contribution in [0.15, 0.2) is 24.3 Å². The molecule has 1 atom stereocenters. The summed E-state index contributed by atoms with van der Waals surface area (Å²) in [7, 11) is 0. The molecular weight excluding hydrogens is 588 g/mol. The molecule has 1 saturated heterocycles. The summed E-state index contributed by atoms with van der Waals surface area (Å²) in [5, 5.41) is 4.34. The zero-order valence-electron chi connectivity index (χ0n) is 23.9. The van der Waals surface area contributed by atoms with E-state index in [4.69, 9.17) is 9.47 Å². The number of hydrogen-bond donors (Lipinski definition) is 0. The summed E-state index contributed by atoms with van der Waals surface area (Å²) in [5.74, 6) is -0.364. The SMILES string of the molecule is CC1CN(C(=O)OC(C)(C)C)CCN1C(=O)c1cc2n(n1)CCN(C(=O)OCc1cc(C(F)(F)F)cc(C(F)(F)F)c1)C2. The average molecular weight is 620 g/mol. The van der Waals surface area contributed by atoms with Crippen LogP contribution in [0, 0.1) is 0 Å². The first-order valence-corrected chi connectivity index (χ1v) is 13.4. The van der Waals surface area contributed by atoms with E-state index >= 15 is 0 Å². The number of nitrogens with zero attached hydrogens (tertiary/aromatic N) is 5. The zero-order chi connectivity index (χ0) is 31.9. The van der Waals surface area contributed by atoms with Gasteiger partial charge in [0.1, 0.15) is 12.2 Å². The summed E-state index contributed by atoms with van der Waals surface area (Å²) >= 11 is 0. The lowest BCUT2D eigenvalue weighted by molar-refractivity contribution is -0.143. The number of carbonyl (C=O) groups is 3. The Kier molecular flexibility index (Phi) is 8.62. The first kappa shape index (κ1) is 31.9. The van der Waals surface area contributed by atoms with Gasteiger partial charge in [-0.2, -0.15) is 31.4 Å². The predicted octanol–water partition coefficient (Wildman–Crippen LogP) is 5.15. The van der Waals surface area contributed by atoms with Crippen molar-refractivity contribution in [1.29, 1.82) is 0 Å². The summed E-state index contributed by atoms with van der Waals surface area (Å²) in [6.07, 6.45) is -11.5. The van der Waals surface area contributed by atoms with Gasteiger partial charge in [-0.05, 0) is 57.5 Å². The number of amides is 3. The van der Waals surface area contributed by atoms with Crippen molar-refractivity contribution < 1.29 is 50.2 Å². The number of hydrogen-bond acceptors (Lipinski definition) is 6. The molecule has 1 fully saturated rings. The van der Waals surface area contributed by atoms with Crippen molar-refractivity contribution in [3.8, 4) is 0 Å². The van der Waals surface area contributed by atoms with E-state index in [-0.39, 0.29) is 63.0 Å². The number of piperazine rings is 1. The van der Waals surface area contributed by atoms with Crippen molar-refractivity contribution in [2.45, 2.75) is 71.4 Å². The van der Waals surface area contributed by atoms with Gasteiger partial charge in [-0.25, -0.2) is 9.59 Å². The monoisotopic (exact) mass is 619 g/mol. The summed E-state index contributed by atoms with van der Waals surface area (Å²) in [6, 6.07) is 2.18. The molecule has 1 aromatic heterocycles. The summed E-state index contributed by atoms with van der Waals surface area (Å²) in [6.45, 7) is 7.30. The van der Waals surface area contributed by atoms with Crippen LogP contribution in [0.25, 0.3) is 0 Å². The van der Waals surface area contributed by atoms with E-state index < -0.39 is 53.4 Å². The third-order valence-corrected chi connectivity index (χ3v) is 6.83. The van der Waals surface area contributed by atoms with Crippen molar-refractivity contribution >= 4 is 18.1 Å². The second-order valence-corrected chi connectivity index (χ2v) is 11.4. The van der Waals surface area contributed by atoms with E-state index in [2.05, 4.69) is 5.10 Å². The third-order valence-electron chi connectivity index (χ3n) is 6.83. The molecule has 3 amide bonds. The second-order valence-electron chi connectivity index (χ2n) is 11.4. The van der Waals surface area contributed by atoms with Gasteiger partial charge in [-0.3, -0.25) is 9.48 Å². The van der Waals surface area contributed by atoms with Gasteiger partial charge in [-0.1, -0.05) is 0 Å². The molecule has 2 aromatic rings. The maximum Gasteiger partial charge on any atom is 0.416 e. The number of benzene rings is 1. The van der Waals surface area contributed by atoms with E-state index in [0.717, 1.165) is 0 Å². The lowest BCUT2D eigenvalue weighted by atomic mass is 10.1. The van der Waals surface area contributed by atoms with Crippen molar-refractivity contribution in [3.63, 3.8) is 0 Å². The van der Waals surface area contributed by atoms with Gasteiger partial charge in [0.2, 0.25) is 0 Å². The lowest BCUT2D eigenvalue weighted by Crippen LogP contribution is -2.56. The summed E-state index contributed by atoms with van der Waals surface area (Å²) in [5.41, 5.74) is -3.51. The highest BCUT2D eigenvalue weighted by molar-refractivity contribution is 5.93. The minimum absolute atomic E-state index is 0.00232. The van der Waals surface area contributed by atoms with Gasteiger partial charge < -0.3 is 24.2 Å². The van der Waals surface area contributed by atoms with Crippen molar-refractivity contribution in [3.05, 3.63) is 52.3 Å².